The van der Waals surface area contributed by atoms with E-state index >= 15 is 0 Å². The standard InChI is InChI=1S/C26H24N4O4/c1-32-22-13-18(14-23(33-2)25(22)34-3)26(31)30-20-11-9-19(10-12-20)29-24-15-21(27-16-28-24)17-7-5-4-6-8-17/h4-16H,1-3H3,(H,30,31)(H,27,28,29). The molecule has 0 bridgehead atoms. The zero-order valence-electron chi connectivity index (χ0n) is 19.0. The number of nitrogens with one attached hydrogen (secondary N) is 2. The molecule has 4 rings (SSSR count). The smallest absolute Gasteiger partial charge is 0.255 e. The molecule has 34 heavy (non-hydrogen) atoms. The molecule has 1 amide bonds. The Labute approximate surface area is 197 Å². The summed E-state index contributed by atoms with van der Waals surface area (Å²) in [5.74, 6) is 1.61. The molecule has 172 valence electrons. The Morgan fingerprint density at radius 2 is 1.41 bits per heavy atom. The van der Waals surface area contributed by atoms with Crippen molar-refractivity contribution in [2.75, 3.05) is 32.0 Å². The van der Waals surface area contributed by atoms with Gasteiger partial charge in [0, 0.05) is 28.6 Å². The molecular formula is C26H24N4O4. The molecular weight excluding hydrogens is 432 g/mol. The molecule has 3 aromatic carbocycles. The highest BCUT2D eigenvalue weighted by Gasteiger charge is 2.17. The van der Waals surface area contributed by atoms with Gasteiger partial charge in [-0.25, -0.2) is 9.97 Å². The fraction of sp³-hybridized carbons (Fsp3) is 0.115. The Balaban J connectivity index is 1.46. The first-order valence-corrected chi connectivity index (χ1v) is 10.5. The van der Waals surface area contributed by atoms with Crippen LogP contribution in [0.4, 0.5) is 17.2 Å². The number of benzene rings is 3. The number of amides is 1. The highest BCUT2D eigenvalue weighted by molar-refractivity contribution is 6.05. The summed E-state index contributed by atoms with van der Waals surface area (Å²) in [6, 6.07) is 22.3. The number of hydrogen-bond acceptors (Lipinski definition) is 7. The monoisotopic (exact) mass is 456 g/mol. The van der Waals surface area contributed by atoms with Crippen LogP contribution < -0.4 is 24.8 Å². The largest absolute Gasteiger partial charge is 0.493 e. The van der Waals surface area contributed by atoms with Crippen LogP contribution in [0.2, 0.25) is 0 Å². The van der Waals surface area contributed by atoms with E-state index in [9.17, 15) is 4.79 Å². The number of nitrogens with zero attached hydrogens (tertiary/aromatic N) is 2. The van der Waals surface area contributed by atoms with Crippen LogP contribution in [0.15, 0.2) is 79.1 Å². The molecule has 0 radical (unpaired) electrons. The van der Waals surface area contributed by atoms with Crippen molar-refractivity contribution in [3.63, 3.8) is 0 Å². The molecule has 0 saturated carbocycles. The highest BCUT2D eigenvalue weighted by atomic mass is 16.5. The molecule has 0 unspecified atom stereocenters. The predicted octanol–water partition coefficient (Wildman–Crippen LogP) is 5.17. The third-order valence-corrected chi connectivity index (χ3v) is 5.08. The maximum absolute atomic E-state index is 12.8. The molecule has 4 aromatic rings. The van der Waals surface area contributed by atoms with Gasteiger partial charge >= 0.3 is 0 Å². The summed E-state index contributed by atoms with van der Waals surface area (Å²) in [4.78, 5) is 21.4. The Morgan fingerprint density at radius 1 is 0.765 bits per heavy atom. The van der Waals surface area contributed by atoms with E-state index in [4.69, 9.17) is 14.2 Å². The van der Waals surface area contributed by atoms with Gasteiger partial charge in [0.15, 0.2) is 11.5 Å². The number of hydrogen-bond donors (Lipinski definition) is 2. The van der Waals surface area contributed by atoms with Crippen LogP contribution in [0.1, 0.15) is 10.4 Å². The number of aromatic nitrogens is 2. The molecule has 0 fully saturated rings. The lowest BCUT2D eigenvalue weighted by Gasteiger charge is -2.14. The topological polar surface area (TPSA) is 94.6 Å². The zero-order valence-corrected chi connectivity index (χ0v) is 19.0. The third kappa shape index (κ3) is 5.07. The maximum atomic E-state index is 12.8. The molecule has 0 aliphatic heterocycles. The molecule has 0 spiro atoms. The molecule has 0 aliphatic carbocycles. The van der Waals surface area contributed by atoms with Gasteiger partial charge in [-0.05, 0) is 36.4 Å². The van der Waals surface area contributed by atoms with E-state index < -0.39 is 0 Å². The van der Waals surface area contributed by atoms with Crippen LogP contribution in [0.25, 0.3) is 11.3 Å². The van der Waals surface area contributed by atoms with Gasteiger partial charge in [-0.1, -0.05) is 30.3 Å². The number of methoxy groups -OCH3 is 3. The van der Waals surface area contributed by atoms with Gasteiger partial charge in [0.2, 0.25) is 5.75 Å². The van der Waals surface area contributed by atoms with Gasteiger partial charge in [-0.2, -0.15) is 0 Å². The van der Waals surface area contributed by atoms with Crippen LogP contribution in [0, 0.1) is 0 Å². The van der Waals surface area contributed by atoms with Gasteiger partial charge < -0.3 is 24.8 Å². The SMILES string of the molecule is COc1cc(C(=O)Nc2ccc(Nc3cc(-c4ccccc4)ncn3)cc2)cc(OC)c1OC. The Bertz CT molecular complexity index is 1250. The molecule has 1 heterocycles. The van der Waals surface area contributed by atoms with E-state index in [1.165, 1.54) is 27.7 Å². The highest BCUT2D eigenvalue weighted by Crippen LogP contribution is 2.38. The van der Waals surface area contributed by atoms with E-state index in [-0.39, 0.29) is 5.91 Å². The molecule has 0 saturated heterocycles. The zero-order chi connectivity index (χ0) is 23.9. The predicted molar refractivity (Wildman–Crippen MR) is 131 cm³/mol. The van der Waals surface area contributed by atoms with Crippen LogP contribution >= 0.6 is 0 Å². The second kappa shape index (κ2) is 10.4. The first-order valence-electron chi connectivity index (χ1n) is 10.5. The van der Waals surface area contributed by atoms with E-state index in [0.29, 0.717) is 34.3 Å². The molecule has 1 aromatic heterocycles. The average molecular weight is 457 g/mol. The van der Waals surface area contributed by atoms with Crippen LogP contribution in [-0.2, 0) is 0 Å². The number of carbonyl (C=O) groups excluding carboxylic acids is 1. The second-order valence-electron chi connectivity index (χ2n) is 7.23. The van der Waals surface area contributed by atoms with Gasteiger partial charge in [0.25, 0.3) is 5.91 Å². The van der Waals surface area contributed by atoms with Crippen molar-refractivity contribution in [2.45, 2.75) is 0 Å². The molecule has 0 atom stereocenters. The lowest BCUT2D eigenvalue weighted by atomic mass is 10.1. The van der Waals surface area contributed by atoms with Crippen molar-refractivity contribution in [3.05, 3.63) is 84.7 Å². The first kappa shape index (κ1) is 22.6. The van der Waals surface area contributed by atoms with Crippen molar-refractivity contribution < 1.29 is 19.0 Å². The number of ether oxygens (including phenoxy) is 3. The summed E-state index contributed by atoms with van der Waals surface area (Å²) >= 11 is 0. The van der Waals surface area contributed by atoms with Crippen molar-refractivity contribution in [2.24, 2.45) is 0 Å². The van der Waals surface area contributed by atoms with E-state index in [2.05, 4.69) is 20.6 Å². The molecule has 2 N–H and O–H groups in total. The maximum Gasteiger partial charge on any atom is 0.255 e. The number of rotatable bonds is 8. The Hall–Kier alpha value is -4.59. The summed E-state index contributed by atoms with van der Waals surface area (Å²) in [5.41, 5.74) is 3.68. The first-order chi connectivity index (χ1) is 16.6. The lowest BCUT2D eigenvalue weighted by molar-refractivity contribution is 0.102. The quantitative estimate of drug-likeness (QED) is 0.378. The van der Waals surface area contributed by atoms with Gasteiger partial charge in [0.05, 0.1) is 27.0 Å². The number of anilines is 3. The van der Waals surface area contributed by atoms with Crippen molar-refractivity contribution >= 4 is 23.1 Å². The lowest BCUT2D eigenvalue weighted by Crippen LogP contribution is -2.12. The van der Waals surface area contributed by atoms with Gasteiger partial charge in [0.1, 0.15) is 12.1 Å². The fourth-order valence-corrected chi connectivity index (χ4v) is 3.39. The Kier molecular flexibility index (Phi) is 6.88. The molecule has 8 heteroatoms. The summed E-state index contributed by atoms with van der Waals surface area (Å²) in [7, 11) is 4.52. The van der Waals surface area contributed by atoms with Crippen molar-refractivity contribution in [1.29, 1.82) is 0 Å². The molecule has 0 aliphatic rings. The minimum Gasteiger partial charge on any atom is -0.493 e. The summed E-state index contributed by atoms with van der Waals surface area (Å²) in [6.07, 6.45) is 1.52. The van der Waals surface area contributed by atoms with Crippen LogP contribution in [0.3, 0.4) is 0 Å². The van der Waals surface area contributed by atoms with E-state index in [0.717, 1.165) is 16.9 Å². The summed E-state index contributed by atoms with van der Waals surface area (Å²) < 4.78 is 16.0. The van der Waals surface area contributed by atoms with E-state index in [1.807, 2.05) is 48.5 Å². The van der Waals surface area contributed by atoms with Crippen molar-refractivity contribution in [1.82, 2.24) is 9.97 Å². The van der Waals surface area contributed by atoms with Crippen LogP contribution in [0.5, 0.6) is 17.2 Å². The third-order valence-electron chi connectivity index (χ3n) is 5.08. The average Bonchev–Trinajstić information content (AvgIpc) is 2.89. The second-order valence-corrected chi connectivity index (χ2v) is 7.23. The summed E-state index contributed by atoms with van der Waals surface area (Å²) in [6.45, 7) is 0. The van der Waals surface area contributed by atoms with Gasteiger partial charge in [-0.15, -0.1) is 0 Å². The normalized spacial score (nSPS) is 10.3. The van der Waals surface area contributed by atoms with Gasteiger partial charge in [-0.3, -0.25) is 4.79 Å². The minimum absolute atomic E-state index is 0.303. The van der Waals surface area contributed by atoms with Crippen molar-refractivity contribution in [3.8, 4) is 28.5 Å². The fourth-order valence-electron chi connectivity index (χ4n) is 3.39. The van der Waals surface area contributed by atoms with E-state index in [1.54, 1.807) is 24.3 Å². The van der Waals surface area contributed by atoms with Crippen LogP contribution in [-0.4, -0.2) is 37.2 Å². The minimum atomic E-state index is -0.303. The Morgan fingerprint density at radius 3 is 2.03 bits per heavy atom. The summed E-state index contributed by atoms with van der Waals surface area (Å²) in [5, 5.41) is 6.13. The number of carbonyl (C=O) groups is 1. The molecule has 8 nitrogen and oxygen atoms in total.